The van der Waals surface area contributed by atoms with Gasteiger partial charge in [-0.2, -0.15) is 0 Å². The molecule has 1 aromatic heterocycles. The number of hydrogen-bond acceptors (Lipinski definition) is 6. The maximum atomic E-state index is 13.7. The maximum Gasteiger partial charge on any atom is 0.273 e. The zero-order valence-corrected chi connectivity index (χ0v) is 18.4. The molecule has 2 heterocycles. The highest BCUT2D eigenvalue weighted by Gasteiger charge is 2.38. The second-order valence-corrected chi connectivity index (χ2v) is 8.30. The molecule has 30 heavy (non-hydrogen) atoms. The third kappa shape index (κ3) is 4.13. The van der Waals surface area contributed by atoms with E-state index in [0.717, 1.165) is 29.9 Å². The Morgan fingerprint density at radius 3 is 2.37 bits per heavy atom. The highest BCUT2D eigenvalue weighted by Crippen LogP contribution is 2.35. The quantitative estimate of drug-likeness (QED) is 0.568. The summed E-state index contributed by atoms with van der Waals surface area (Å²) < 4.78 is 13.1. The molecule has 7 heteroatoms. The smallest absolute Gasteiger partial charge is 0.273 e. The first-order chi connectivity index (χ1) is 14.6. The third-order valence-corrected chi connectivity index (χ3v) is 6.46. The van der Waals surface area contributed by atoms with Gasteiger partial charge in [-0.25, -0.2) is 4.98 Å². The summed E-state index contributed by atoms with van der Waals surface area (Å²) in [6, 6.07) is 15.4. The molecule has 0 N–H and O–H groups in total. The molecular formula is C23H27N3O3S. The molecule has 0 saturated heterocycles. The van der Waals surface area contributed by atoms with Gasteiger partial charge in [-0.05, 0) is 44.3 Å². The first-order valence-corrected chi connectivity index (χ1v) is 11.2. The number of para-hydroxylation sites is 3. The van der Waals surface area contributed by atoms with E-state index < -0.39 is 12.2 Å². The van der Waals surface area contributed by atoms with Crippen LogP contribution in [0.5, 0.6) is 11.5 Å². The zero-order chi connectivity index (χ0) is 21.1. The van der Waals surface area contributed by atoms with Crippen LogP contribution >= 0.6 is 11.3 Å². The van der Waals surface area contributed by atoms with Crippen LogP contribution in [0, 0.1) is 0 Å². The highest BCUT2D eigenvalue weighted by atomic mass is 32.1. The zero-order valence-electron chi connectivity index (χ0n) is 17.6. The lowest BCUT2D eigenvalue weighted by molar-refractivity contribution is -0.130. The van der Waals surface area contributed by atoms with Gasteiger partial charge in [0.05, 0.1) is 10.2 Å². The van der Waals surface area contributed by atoms with Crippen molar-refractivity contribution in [2.24, 2.45) is 0 Å². The number of benzene rings is 2. The van der Waals surface area contributed by atoms with Crippen molar-refractivity contribution in [3.05, 3.63) is 48.5 Å². The lowest BCUT2D eigenvalue weighted by Gasteiger charge is -2.34. The molecule has 1 amide bonds. The maximum absolute atomic E-state index is 13.7. The third-order valence-electron chi connectivity index (χ3n) is 5.40. The van der Waals surface area contributed by atoms with Gasteiger partial charge in [0.2, 0.25) is 6.10 Å². The van der Waals surface area contributed by atoms with Crippen molar-refractivity contribution < 1.29 is 14.3 Å². The van der Waals surface area contributed by atoms with E-state index in [0.29, 0.717) is 23.2 Å². The summed E-state index contributed by atoms with van der Waals surface area (Å²) in [6.07, 6.45) is -1.11. The Morgan fingerprint density at radius 1 is 1.00 bits per heavy atom. The fourth-order valence-electron chi connectivity index (χ4n) is 3.60. The number of rotatable bonds is 7. The molecule has 0 fully saturated rings. The van der Waals surface area contributed by atoms with Gasteiger partial charge in [-0.3, -0.25) is 9.69 Å². The molecular weight excluding hydrogens is 398 g/mol. The van der Waals surface area contributed by atoms with Crippen LogP contribution in [0.15, 0.2) is 48.5 Å². The van der Waals surface area contributed by atoms with Gasteiger partial charge < -0.3 is 14.4 Å². The molecule has 158 valence electrons. The van der Waals surface area contributed by atoms with E-state index in [1.165, 1.54) is 11.3 Å². The Bertz CT molecular complexity index is 985. The van der Waals surface area contributed by atoms with Gasteiger partial charge in [-0.1, -0.05) is 49.4 Å². The average molecular weight is 426 g/mol. The fraction of sp³-hybridized carbons (Fsp3) is 0.391. The normalized spacial score (nSPS) is 18.0. The number of aromatic nitrogens is 1. The summed E-state index contributed by atoms with van der Waals surface area (Å²) in [5, 5.41) is 0.697. The monoisotopic (exact) mass is 425 g/mol. The number of thiazole rings is 1. The van der Waals surface area contributed by atoms with Crippen molar-refractivity contribution in [1.29, 1.82) is 0 Å². The van der Waals surface area contributed by atoms with Crippen LogP contribution in [0.25, 0.3) is 10.2 Å². The van der Waals surface area contributed by atoms with Crippen molar-refractivity contribution in [2.75, 3.05) is 31.1 Å². The molecule has 0 aliphatic carbocycles. The van der Waals surface area contributed by atoms with Crippen molar-refractivity contribution in [1.82, 2.24) is 9.88 Å². The number of carbonyl (C=O) groups excluding carboxylic acids is 1. The SMILES string of the molecule is CCN(CC)CCN(C(=O)C1Oc2ccccc2OC1C)c1nc2ccccc2s1. The van der Waals surface area contributed by atoms with Crippen LogP contribution in [-0.2, 0) is 4.79 Å². The average Bonchev–Trinajstić information content (AvgIpc) is 3.19. The molecule has 0 spiro atoms. The van der Waals surface area contributed by atoms with Crippen LogP contribution in [0.1, 0.15) is 20.8 Å². The predicted octanol–water partition coefficient (Wildman–Crippen LogP) is 4.20. The Labute approximate surface area is 181 Å². The van der Waals surface area contributed by atoms with E-state index in [9.17, 15) is 4.79 Å². The number of carbonyl (C=O) groups is 1. The Balaban J connectivity index is 1.63. The molecule has 3 aromatic rings. The predicted molar refractivity (Wildman–Crippen MR) is 121 cm³/mol. The molecule has 1 aliphatic heterocycles. The minimum absolute atomic E-state index is 0.122. The van der Waals surface area contributed by atoms with E-state index in [-0.39, 0.29) is 5.91 Å². The second kappa shape index (κ2) is 9.02. The van der Waals surface area contributed by atoms with E-state index >= 15 is 0 Å². The molecule has 2 aromatic carbocycles. The number of hydrogen-bond donors (Lipinski definition) is 0. The number of anilines is 1. The molecule has 0 bridgehead atoms. The van der Waals surface area contributed by atoms with Gasteiger partial charge in [0.1, 0.15) is 6.10 Å². The number of ether oxygens (including phenoxy) is 2. The summed E-state index contributed by atoms with van der Waals surface area (Å²) in [6.45, 7) is 9.33. The van der Waals surface area contributed by atoms with Crippen molar-refractivity contribution in [3.8, 4) is 11.5 Å². The van der Waals surface area contributed by atoms with Gasteiger partial charge in [0.15, 0.2) is 16.6 Å². The summed E-state index contributed by atoms with van der Waals surface area (Å²) in [5.41, 5.74) is 0.900. The molecule has 0 radical (unpaired) electrons. The number of amides is 1. The number of fused-ring (bicyclic) bond motifs is 2. The first-order valence-electron chi connectivity index (χ1n) is 10.4. The van der Waals surface area contributed by atoms with Crippen LogP contribution in [-0.4, -0.2) is 54.2 Å². The minimum atomic E-state index is -0.719. The fourth-order valence-corrected chi connectivity index (χ4v) is 4.60. The summed E-state index contributed by atoms with van der Waals surface area (Å²) in [4.78, 5) is 22.5. The molecule has 0 saturated carbocycles. The van der Waals surface area contributed by atoms with Crippen LogP contribution in [0.3, 0.4) is 0 Å². The minimum Gasteiger partial charge on any atom is -0.482 e. The van der Waals surface area contributed by atoms with Gasteiger partial charge in [-0.15, -0.1) is 0 Å². The second-order valence-electron chi connectivity index (χ2n) is 7.29. The van der Waals surface area contributed by atoms with E-state index in [2.05, 4.69) is 18.7 Å². The van der Waals surface area contributed by atoms with Crippen molar-refractivity contribution in [3.63, 3.8) is 0 Å². The molecule has 2 unspecified atom stereocenters. The van der Waals surface area contributed by atoms with E-state index in [1.54, 1.807) is 4.90 Å². The summed E-state index contributed by atoms with van der Waals surface area (Å²) in [5.74, 6) is 1.15. The number of nitrogens with zero attached hydrogens (tertiary/aromatic N) is 3. The van der Waals surface area contributed by atoms with Crippen LogP contribution in [0.4, 0.5) is 5.13 Å². The topological polar surface area (TPSA) is 54.9 Å². The Morgan fingerprint density at radius 2 is 1.67 bits per heavy atom. The van der Waals surface area contributed by atoms with Crippen molar-refractivity contribution >= 4 is 32.6 Å². The lowest BCUT2D eigenvalue weighted by Crippen LogP contribution is -2.52. The van der Waals surface area contributed by atoms with Gasteiger partial charge in [0.25, 0.3) is 5.91 Å². The standard InChI is InChI=1S/C23H27N3O3S/c1-4-25(5-2)14-15-26(23-24-17-10-6-9-13-20(17)30-23)22(27)21-16(3)28-18-11-7-8-12-19(18)29-21/h6-13,16,21H,4-5,14-15H2,1-3H3. The first kappa shape index (κ1) is 20.6. The number of likely N-dealkylation sites (N-methyl/N-ethyl adjacent to an activating group) is 1. The van der Waals surface area contributed by atoms with Crippen LogP contribution < -0.4 is 14.4 Å². The van der Waals surface area contributed by atoms with Gasteiger partial charge in [0, 0.05) is 13.1 Å². The van der Waals surface area contributed by atoms with Gasteiger partial charge >= 0.3 is 0 Å². The molecule has 4 rings (SSSR count). The van der Waals surface area contributed by atoms with E-state index in [4.69, 9.17) is 14.5 Å². The Kier molecular flexibility index (Phi) is 6.20. The van der Waals surface area contributed by atoms with Crippen LogP contribution in [0.2, 0.25) is 0 Å². The molecule has 1 aliphatic rings. The molecule has 2 atom stereocenters. The highest BCUT2D eigenvalue weighted by molar-refractivity contribution is 7.22. The molecule has 6 nitrogen and oxygen atoms in total. The summed E-state index contributed by atoms with van der Waals surface area (Å²) in [7, 11) is 0. The van der Waals surface area contributed by atoms with E-state index in [1.807, 2.05) is 55.5 Å². The lowest BCUT2D eigenvalue weighted by atomic mass is 10.1. The largest absolute Gasteiger partial charge is 0.482 e. The Hall–Kier alpha value is -2.64. The van der Waals surface area contributed by atoms with Crippen molar-refractivity contribution in [2.45, 2.75) is 33.0 Å². The summed E-state index contributed by atoms with van der Waals surface area (Å²) >= 11 is 1.53.